The molecule has 0 aromatic carbocycles. The third-order valence-electron chi connectivity index (χ3n) is 4.30. The SMILES string of the molecule is CCOC(=O)c1c(I)c(C2CC2)nn1CC1CCOC1C(F)(F)F. The van der Waals surface area contributed by atoms with Crippen molar-refractivity contribution in [3.63, 3.8) is 0 Å². The van der Waals surface area contributed by atoms with Crippen LogP contribution in [-0.4, -0.2) is 41.2 Å². The first kappa shape index (κ1) is 18.0. The number of carbonyl (C=O) groups excluding carboxylic acids is 1. The number of esters is 1. The molecular weight excluding hydrogens is 440 g/mol. The molecule has 5 nitrogen and oxygen atoms in total. The number of halogens is 4. The molecule has 9 heteroatoms. The van der Waals surface area contributed by atoms with Gasteiger partial charge in [-0.2, -0.15) is 18.3 Å². The lowest BCUT2D eigenvalue weighted by molar-refractivity contribution is -0.217. The van der Waals surface area contributed by atoms with Gasteiger partial charge in [0.2, 0.25) is 0 Å². The lowest BCUT2D eigenvalue weighted by Crippen LogP contribution is -2.36. The van der Waals surface area contributed by atoms with E-state index in [0.29, 0.717) is 15.9 Å². The van der Waals surface area contributed by atoms with Gasteiger partial charge in [-0.05, 0) is 48.8 Å². The summed E-state index contributed by atoms with van der Waals surface area (Å²) in [6, 6.07) is 0. The van der Waals surface area contributed by atoms with E-state index < -0.39 is 24.2 Å². The number of hydrogen-bond acceptors (Lipinski definition) is 4. The Morgan fingerprint density at radius 2 is 2.12 bits per heavy atom. The Morgan fingerprint density at radius 1 is 1.42 bits per heavy atom. The fraction of sp³-hybridized carbons (Fsp3) is 0.733. The number of ether oxygens (including phenoxy) is 2. The van der Waals surface area contributed by atoms with Gasteiger partial charge in [-0.25, -0.2) is 4.79 Å². The summed E-state index contributed by atoms with van der Waals surface area (Å²) in [5.74, 6) is -0.991. The predicted molar refractivity (Wildman–Crippen MR) is 86.8 cm³/mol. The number of aromatic nitrogens is 2. The smallest absolute Gasteiger partial charge is 0.414 e. The molecule has 1 aliphatic carbocycles. The molecule has 2 atom stereocenters. The zero-order valence-electron chi connectivity index (χ0n) is 13.1. The number of nitrogens with zero attached hydrogens (tertiary/aromatic N) is 2. The van der Waals surface area contributed by atoms with E-state index in [2.05, 4.69) is 5.10 Å². The van der Waals surface area contributed by atoms with Gasteiger partial charge in [0.25, 0.3) is 0 Å². The van der Waals surface area contributed by atoms with Crippen molar-refractivity contribution in [3.05, 3.63) is 15.0 Å². The molecule has 134 valence electrons. The predicted octanol–water partition coefficient (Wildman–Crippen LogP) is 3.51. The highest BCUT2D eigenvalue weighted by Crippen LogP contribution is 2.43. The van der Waals surface area contributed by atoms with Gasteiger partial charge in [-0.15, -0.1) is 0 Å². The van der Waals surface area contributed by atoms with Crippen LogP contribution < -0.4 is 0 Å². The molecule has 1 aliphatic heterocycles. The molecule has 2 aliphatic rings. The van der Waals surface area contributed by atoms with Crippen LogP contribution >= 0.6 is 22.6 Å². The van der Waals surface area contributed by atoms with Gasteiger partial charge in [0.15, 0.2) is 11.8 Å². The third kappa shape index (κ3) is 3.56. The van der Waals surface area contributed by atoms with Gasteiger partial charge in [0, 0.05) is 25.0 Å². The number of hydrogen-bond donors (Lipinski definition) is 0. The van der Waals surface area contributed by atoms with E-state index in [-0.39, 0.29) is 25.5 Å². The van der Waals surface area contributed by atoms with E-state index in [0.717, 1.165) is 18.5 Å². The molecule has 0 spiro atoms. The molecule has 1 saturated carbocycles. The first-order valence-electron chi connectivity index (χ1n) is 7.94. The van der Waals surface area contributed by atoms with Crippen molar-refractivity contribution in [2.24, 2.45) is 5.92 Å². The molecule has 2 heterocycles. The average Bonchev–Trinajstić information content (AvgIpc) is 3.12. The van der Waals surface area contributed by atoms with Crippen molar-refractivity contribution in [2.75, 3.05) is 13.2 Å². The Balaban J connectivity index is 1.89. The quantitative estimate of drug-likeness (QED) is 0.501. The van der Waals surface area contributed by atoms with E-state index in [4.69, 9.17) is 9.47 Å². The summed E-state index contributed by atoms with van der Waals surface area (Å²) in [6.45, 7) is 1.97. The Hall–Kier alpha value is -0.840. The minimum absolute atomic E-state index is 0.00104. The molecule has 3 rings (SSSR count). The monoisotopic (exact) mass is 458 g/mol. The average molecular weight is 458 g/mol. The van der Waals surface area contributed by atoms with Crippen LogP contribution in [0.3, 0.4) is 0 Å². The molecular formula is C15H18F3IN2O3. The maximum absolute atomic E-state index is 13.1. The molecule has 1 aromatic rings. The second kappa shape index (κ2) is 6.81. The molecule has 24 heavy (non-hydrogen) atoms. The molecule has 2 unspecified atom stereocenters. The van der Waals surface area contributed by atoms with Crippen LogP contribution in [0, 0.1) is 9.49 Å². The van der Waals surface area contributed by atoms with E-state index in [1.165, 1.54) is 4.68 Å². The van der Waals surface area contributed by atoms with Crippen molar-refractivity contribution < 1.29 is 27.4 Å². The standard InChI is InChI=1S/C15H18F3IN2O3/c1-2-23-14(22)12-10(19)11(8-3-4-8)20-21(12)7-9-5-6-24-13(9)15(16,17)18/h8-9,13H,2-7H2,1H3. The topological polar surface area (TPSA) is 53.3 Å². The van der Waals surface area contributed by atoms with Crippen LogP contribution in [0.2, 0.25) is 0 Å². The van der Waals surface area contributed by atoms with Crippen LogP contribution in [0.5, 0.6) is 0 Å². The molecule has 0 amide bonds. The van der Waals surface area contributed by atoms with E-state index in [9.17, 15) is 18.0 Å². The summed E-state index contributed by atoms with van der Waals surface area (Å²) in [6.07, 6.45) is -3.94. The molecule has 0 N–H and O–H groups in total. The summed E-state index contributed by atoms with van der Waals surface area (Å²) < 4.78 is 51.2. The largest absolute Gasteiger partial charge is 0.461 e. The summed E-state index contributed by atoms with van der Waals surface area (Å²) in [4.78, 5) is 12.3. The lowest BCUT2D eigenvalue weighted by atomic mass is 10.0. The second-order valence-electron chi connectivity index (χ2n) is 6.11. The highest BCUT2D eigenvalue weighted by atomic mass is 127. The summed E-state index contributed by atoms with van der Waals surface area (Å²) in [5.41, 5.74) is 1.05. The fourth-order valence-corrected chi connectivity index (χ4v) is 4.05. The number of carbonyl (C=O) groups is 1. The van der Waals surface area contributed by atoms with Crippen molar-refractivity contribution >= 4 is 28.6 Å². The van der Waals surface area contributed by atoms with Gasteiger partial charge in [0.05, 0.1) is 15.9 Å². The van der Waals surface area contributed by atoms with E-state index >= 15 is 0 Å². The third-order valence-corrected chi connectivity index (χ3v) is 5.36. The van der Waals surface area contributed by atoms with Gasteiger partial charge in [-0.3, -0.25) is 4.68 Å². The number of alkyl halides is 3. The highest BCUT2D eigenvalue weighted by Gasteiger charge is 2.49. The summed E-state index contributed by atoms with van der Waals surface area (Å²) in [7, 11) is 0. The van der Waals surface area contributed by atoms with Crippen molar-refractivity contribution in [3.8, 4) is 0 Å². The van der Waals surface area contributed by atoms with Crippen molar-refractivity contribution in [1.82, 2.24) is 9.78 Å². The maximum Gasteiger partial charge on any atom is 0.414 e. The Kier molecular flexibility index (Phi) is 5.10. The Labute approximate surface area is 151 Å². The van der Waals surface area contributed by atoms with Gasteiger partial charge < -0.3 is 9.47 Å². The Bertz CT molecular complexity index is 628. The minimum Gasteiger partial charge on any atom is -0.461 e. The van der Waals surface area contributed by atoms with Crippen LogP contribution in [0.4, 0.5) is 13.2 Å². The van der Waals surface area contributed by atoms with Gasteiger partial charge in [0.1, 0.15) is 0 Å². The molecule has 1 saturated heterocycles. The summed E-state index contributed by atoms with van der Waals surface area (Å²) in [5, 5.41) is 4.44. The molecule has 1 aromatic heterocycles. The van der Waals surface area contributed by atoms with Crippen molar-refractivity contribution in [2.45, 2.75) is 50.9 Å². The van der Waals surface area contributed by atoms with Crippen LogP contribution in [0.1, 0.15) is 48.3 Å². The first-order chi connectivity index (χ1) is 11.3. The first-order valence-corrected chi connectivity index (χ1v) is 9.02. The maximum atomic E-state index is 13.1. The zero-order valence-corrected chi connectivity index (χ0v) is 15.3. The van der Waals surface area contributed by atoms with Crippen LogP contribution in [-0.2, 0) is 16.0 Å². The lowest BCUT2D eigenvalue weighted by Gasteiger charge is -2.21. The van der Waals surface area contributed by atoms with Crippen LogP contribution in [0.25, 0.3) is 0 Å². The fourth-order valence-electron chi connectivity index (χ4n) is 3.01. The van der Waals surface area contributed by atoms with E-state index in [1.54, 1.807) is 6.92 Å². The van der Waals surface area contributed by atoms with Gasteiger partial charge in [-0.1, -0.05) is 0 Å². The summed E-state index contributed by atoms with van der Waals surface area (Å²) >= 11 is 2.04. The van der Waals surface area contributed by atoms with E-state index in [1.807, 2.05) is 22.6 Å². The number of rotatable bonds is 5. The minimum atomic E-state index is -4.41. The molecule has 0 bridgehead atoms. The molecule has 0 radical (unpaired) electrons. The second-order valence-corrected chi connectivity index (χ2v) is 7.19. The highest BCUT2D eigenvalue weighted by molar-refractivity contribution is 14.1. The van der Waals surface area contributed by atoms with Gasteiger partial charge >= 0.3 is 12.1 Å². The Morgan fingerprint density at radius 3 is 2.71 bits per heavy atom. The zero-order chi connectivity index (χ0) is 17.5. The van der Waals surface area contributed by atoms with Crippen molar-refractivity contribution in [1.29, 1.82) is 0 Å². The molecule has 2 fully saturated rings. The normalized spacial score (nSPS) is 24.4. The van der Waals surface area contributed by atoms with Crippen LogP contribution in [0.15, 0.2) is 0 Å².